The Morgan fingerprint density at radius 3 is 2.48 bits per heavy atom. The van der Waals surface area contributed by atoms with Gasteiger partial charge in [0.2, 0.25) is 0 Å². The van der Waals surface area contributed by atoms with E-state index in [4.69, 9.17) is 0 Å². The maximum Gasteiger partial charge on any atom is 0.191 e. The molecule has 1 saturated heterocycles. The highest BCUT2D eigenvalue weighted by atomic mass is 32.2. The van der Waals surface area contributed by atoms with Crippen molar-refractivity contribution in [3.8, 4) is 0 Å². The Morgan fingerprint density at radius 2 is 1.92 bits per heavy atom. The fourth-order valence-corrected chi connectivity index (χ4v) is 5.50. The van der Waals surface area contributed by atoms with Gasteiger partial charge in [-0.05, 0) is 26.2 Å². The Hall–Kier alpha value is -0.470. The summed E-state index contributed by atoms with van der Waals surface area (Å²) < 4.78 is 22.7. The molecular weight excluding hydrogens is 356 g/mol. The normalized spacial score (nSPS) is 23.4. The Labute approximate surface area is 157 Å². The average Bonchev–Trinajstić information content (AvgIpc) is 3.07. The van der Waals surface area contributed by atoms with Gasteiger partial charge in [-0.25, -0.2) is 8.42 Å². The van der Waals surface area contributed by atoms with Crippen molar-refractivity contribution >= 4 is 27.6 Å². The molecule has 0 amide bonds. The first-order valence-electron chi connectivity index (χ1n) is 9.32. The van der Waals surface area contributed by atoms with Crippen LogP contribution in [-0.4, -0.2) is 81.1 Å². The summed E-state index contributed by atoms with van der Waals surface area (Å²) >= 11 is 2.05. The van der Waals surface area contributed by atoms with Gasteiger partial charge in [-0.3, -0.25) is 9.89 Å². The van der Waals surface area contributed by atoms with Crippen LogP contribution in [0.5, 0.6) is 0 Å². The summed E-state index contributed by atoms with van der Waals surface area (Å²) in [5.41, 5.74) is 0.259. The van der Waals surface area contributed by atoms with Gasteiger partial charge < -0.3 is 10.6 Å². The second-order valence-electron chi connectivity index (χ2n) is 7.42. The van der Waals surface area contributed by atoms with Gasteiger partial charge in [-0.15, -0.1) is 0 Å². The lowest BCUT2D eigenvalue weighted by Gasteiger charge is -2.43. The minimum atomic E-state index is -2.92. The van der Waals surface area contributed by atoms with Crippen molar-refractivity contribution in [3.05, 3.63) is 0 Å². The van der Waals surface area contributed by atoms with Crippen molar-refractivity contribution in [1.82, 2.24) is 15.5 Å². The molecule has 8 heteroatoms. The molecule has 0 bridgehead atoms. The van der Waals surface area contributed by atoms with Crippen LogP contribution in [0, 0.1) is 0 Å². The van der Waals surface area contributed by atoms with Crippen LogP contribution in [0.2, 0.25) is 0 Å². The van der Waals surface area contributed by atoms with E-state index >= 15 is 0 Å². The van der Waals surface area contributed by atoms with Crippen LogP contribution in [0.4, 0.5) is 0 Å². The molecule has 1 saturated carbocycles. The zero-order chi connectivity index (χ0) is 18.3. The van der Waals surface area contributed by atoms with E-state index in [1.807, 2.05) is 6.92 Å². The van der Waals surface area contributed by atoms with Crippen molar-refractivity contribution in [2.24, 2.45) is 4.99 Å². The van der Waals surface area contributed by atoms with E-state index in [1.54, 1.807) is 7.05 Å². The predicted octanol–water partition coefficient (Wildman–Crippen LogP) is 1.34. The molecule has 1 heterocycles. The number of hydrogen-bond acceptors (Lipinski definition) is 5. The lowest BCUT2D eigenvalue weighted by Crippen LogP contribution is -2.58. The molecule has 1 unspecified atom stereocenters. The largest absolute Gasteiger partial charge is 0.355 e. The lowest BCUT2D eigenvalue weighted by atomic mass is 9.94. The molecule has 2 aliphatic rings. The number of rotatable bonds is 7. The highest BCUT2D eigenvalue weighted by molar-refractivity contribution is 7.99. The first kappa shape index (κ1) is 20.8. The van der Waals surface area contributed by atoms with E-state index in [0.717, 1.165) is 12.5 Å². The minimum Gasteiger partial charge on any atom is -0.355 e. The molecule has 25 heavy (non-hydrogen) atoms. The van der Waals surface area contributed by atoms with Crippen LogP contribution >= 0.6 is 11.8 Å². The maximum atomic E-state index is 11.3. The monoisotopic (exact) mass is 390 g/mol. The van der Waals surface area contributed by atoms with E-state index in [1.165, 1.54) is 56.5 Å². The Balaban J connectivity index is 1.87. The first-order chi connectivity index (χ1) is 11.8. The lowest BCUT2D eigenvalue weighted by molar-refractivity contribution is 0.107. The van der Waals surface area contributed by atoms with E-state index in [9.17, 15) is 8.42 Å². The van der Waals surface area contributed by atoms with Crippen molar-refractivity contribution in [1.29, 1.82) is 0 Å². The SMILES string of the molecule is CN=C(NCC1(N2CCSCC2)CCCC1)NC(C)CCS(C)(=O)=O. The summed E-state index contributed by atoms with van der Waals surface area (Å²) in [5.74, 6) is 3.45. The average molecular weight is 391 g/mol. The highest BCUT2D eigenvalue weighted by Crippen LogP contribution is 2.36. The second-order valence-corrected chi connectivity index (χ2v) is 10.9. The van der Waals surface area contributed by atoms with Crippen LogP contribution in [0.25, 0.3) is 0 Å². The summed E-state index contributed by atoms with van der Waals surface area (Å²) in [5, 5.41) is 6.85. The van der Waals surface area contributed by atoms with Crippen LogP contribution in [0.3, 0.4) is 0 Å². The molecule has 0 spiro atoms. The van der Waals surface area contributed by atoms with Gasteiger partial charge in [0.05, 0.1) is 5.75 Å². The molecule has 1 aliphatic heterocycles. The molecule has 1 aliphatic carbocycles. The molecular formula is C17H34N4O2S2. The van der Waals surface area contributed by atoms with E-state index in [-0.39, 0.29) is 17.3 Å². The van der Waals surface area contributed by atoms with Gasteiger partial charge in [0.15, 0.2) is 5.96 Å². The molecule has 2 rings (SSSR count). The fourth-order valence-electron chi connectivity index (χ4n) is 3.81. The molecule has 0 aromatic heterocycles. The Bertz CT molecular complexity index is 539. The number of nitrogens with one attached hydrogen (secondary N) is 2. The minimum absolute atomic E-state index is 0.0758. The number of hydrogen-bond donors (Lipinski definition) is 2. The zero-order valence-corrected chi connectivity index (χ0v) is 17.5. The summed E-state index contributed by atoms with van der Waals surface area (Å²) in [6.07, 6.45) is 7.00. The molecule has 6 nitrogen and oxygen atoms in total. The molecule has 0 aromatic rings. The summed E-state index contributed by atoms with van der Waals surface area (Å²) in [6, 6.07) is 0.0758. The Kier molecular flexibility index (Phi) is 7.89. The van der Waals surface area contributed by atoms with E-state index in [0.29, 0.717) is 6.42 Å². The Morgan fingerprint density at radius 1 is 1.28 bits per heavy atom. The summed E-state index contributed by atoms with van der Waals surface area (Å²) in [7, 11) is -1.15. The van der Waals surface area contributed by atoms with Gasteiger partial charge in [-0.2, -0.15) is 11.8 Å². The standard InChI is InChI=1S/C17H34N4O2S2/c1-15(6-13-25(3,22)23)20-16(18-2)19-14-17(7-4-5-8-17)21-9-11-24-12-10-21/h15H,4-14H2,1-3H3,(H2,18,19,20). The highest BCUT2D eigenvalue weighted by Gasteiger charge is 2.40. The van der Waals surface area contributed by atoms with Crippen LogP contribution in [0.1, 0.15) is 39.0 Å². The summed E-state index contributed by atoms with van der Waals surface area (Å²) in [6.45, 7) is 5.29. The third-order valence-corrected chi connectivity index (χ3v) is 7.25. The van der Waals surface area contributed by atoms with Crippen LogP contribution < -0.4 is 10.6 Å². The summed E-state index contributed by atoms with van der Waals surface area (Å²) in [4.78, 5) is 7.02. The third kappa shape index (κ3) is 6.64. The van der Waals surface area contributed by atoms with Gasteiger partial charge in [0.1, 0.15) is 9.84 Å². The van der Waals surface area contributed by atoms with Crippen molar-refractivity contribution in [2.45, 2.75) is 50.6 Å². The zero-order valence-electron chi connectivity index (χ0n) is 15.9. The smallest absolute Gasteiger partial charge is 0.191 e. The second kappa shape index (κ2) is 9.46. The van der Waals surface area contributed by atoms with Gasteiger partial charge >= 0.3 is 0 Å². The van der Waals surface area contributed by atoms with Crippen molar-refractivity contribution < 1.29 is 8.42 Å². The van der Waals surface area contributed by atoms with Crippen LogP contribution in [-0.2, 0) is 9.84 Å². The van der Waals surface area contributed by atoms with E-state index in [2.05, 4.69) is 32.3 Å². The molecule has 0 radical (unpaired) electrons. The van der Waals surface area contributed by atoms with Gasteiger partial charge in [-0.1, -0.05) is 12.8 Å². The van der Waals surface area contributed by atoms with E-state index < -0.39 is 9.84 Å². The van der Waals surface area contributed by atoms with Crippen molar-refractivity contribution in [3.63, 3.8) is 0 Å². The van der Waals surface area contributed by atoms with Gasteiger partial charge in [0, 0.05) is 56.0 Å². The molecule has 146 valence electrons. The number of guanidine groups is 1. The third-order valence-electron chi connectivity index (χ3n) is 5.33. The quantitative estimate of drug-likeness (QED) is 0.505. The first-order valence-corrected chi connectivity index (χ1v) is 12.5. The maximum absolute atomic E-state index is 11.3. The number of nitrogens with zero attached hydrogens (tertiary/aromatic N) is 2. The van der Waals surface area contributed by atoms with Crippen molar-refractivity contribution in [2.75, 3.05) is 50.2 Å². The molecule has 0 aromatic carbocycles. The number of thioether (sulfide) groups is 1. The molecule has 1 atom stereocenters. The topological polar surface area (TPSA) is 73.8 Å². The van der Waals surface area contributed by atoms with Gasteiger partial charge in [0.25, 0.3) is 0 Å². The fraction of sp³-hybridized carbons (Fsp3) is 0.941. The molecule has 2 fully saturated rings. The van der Waals surface area contributed by atoms with Crippen LogP contribution in [0.15, 0.2) is 4.99 Å². The number of sulfone groups is 1. The number of aliphatic imine (C=N–C) groups is 1. The predicted molar refractivity (Wildman–Crippen MR) is 108 cm³/mol. The molecule has 2 N–H and O–H groups in total.